The monoisotopic (exact) mass is 123 g/mol. The molecular weight excluding hydrogens is 114 g/mol. The highest BCUT2D eigenvalue weighted by atomic mass is 35.5. The van der Waals surface area contributed by atoms with Gasteiger partial charge in [0.05, 0.1) is 6.61 Å². The fourth-order valence-electron chi connectivity index (χ4n) is 0.267. The topological polar surface area (TPSA) is 23.5 Å². The van der Waals surface area contributed by atoms with Crippen LogP contribution in [0.15, 0.2) is 0 Å². The summed E-state index contributed by atoms with van der Waals surface area (Å²) in [6, 6.07) is 0. The van der Waals surface area contributed by atoms with Crippen LogP contribution in [0, 0.1) is 0 Å². The highest BCUT2D eigenvalue weighted by molar-refractivity contribution is 6.13. The second-order valence-corrected chi connectivity index (χ2v) is 1.70. The van der Waals surface area contributed by atoms with E-state index in [0.717, 1.165) is 6.54 Å². The molecule has 0 saturated heterocycles. The minimum Gasteiger partial charge on any atom is -0.395 e. The van der Waals surface area contributed by atoms with Crippen molar-refractivity contribution in [3.63, 3.8) is 0 Å². The van der Waals surface area contributed by atoms with Crippen molar-refractivity contribution in [3.05, 3.63) is 0 Å². The lowest BCUT2D eigenvalue weighted by Crippen LogP contribution is -2.15. The Morgan fingerprint density at radius 1 is 1.71 bits per heavy atom. The van der Waals surface area contributed by atoms with Crippen molar-refractivity contribution in [2.75, 3.05) is 19.7 Å². The van der Waals surface area contributed by atoms with Gasteiger partial charge in [-0.15, -0.1) is 0 Å². The predicted molar refractivity (Wildman–Crippen MR) is 30.2 cm³/mol. The zero-order valence-electron chi connectivity index (χ0n) is 4.39. The summed E-state index contributed by atoms with van der Waals surface area (Å²) in [6.45, 7) is 3.40. The average molecular weight is 124 g/mol. The third-order valence-corrected chi connectivity index (χ3v) is 1.09. The van der Waals surface area contributed by atoms with Gasteiger partial charge in [0.15, 0.2) is 0 Å². The summed E-state index contributed by atoms with van der Waals surface area (Å²) in [7, 11) is 0. The first-order chi connectivity index (χ1) is 3.31. The first kappa shape index (κ1) is 7.21. The number of aliphatic hydroxyl groups is 1. The third-order valence-electron chi connectivity index (χ3n) is 0.686. The number of aliphatic hydroxyl groups excluding tert-OH is 1. The summed E-state index contributed by atoms with van der Waals surface area (Å²) < 4.78 is 1.53. The number of hydrogen-bond donors (Lipinski definition) is 1. The Bertz CT molecular complexity index is 42.7. The van der Waals surface area contributed by atoms with Gasteiger partial charge in [0.25, 0.3) is 0 Å². The van der Waals surface area contributed by atoms with Gasteiger partial charge in [-0.1, -0.05) is 6.92 Å². The van der Waals surface area contributed by atoms with Gasteiger partial charge in [-0.3, -0.25) is 0 Å². The van der Waals surface area contributed by atoms with Crippen molar-refractivity contribution < 1.29 is 5.11 Å². The van der Waals surface area contributed by atoms with E-state index < -0.39 is 0 Å². The molecule has 0 aliphatic carbocycles. The van der Waals surface area contributed by atoms with Gasteiger partial charge in [-0.25, -0.2) is 4.42 Å². The molecule has 0 aromatic carbocycles. The van der Waals surface area contributed by atoms with E-state index in [1.54, 1.807) is 0 Å². The summed E-state index contributed by atoms with van der Waals surface area (Å²) in [5, 5.41) is 8.24. The molecule has 0 unspecified atom stereocenters. The summed E-state index contributed by atoms with van der Waals surface area (Å²) in [5.74, 6) is 0. The van der Waals surface area contributed by atoms with E-state index in [9.17, 15) is 0 Å². The molecule has 0 aliphatic heterocycles. The number of nitrogens with zero attached hydrogens (tertiary/aromatic N) is 1. The molecule has 0 aromatic rings. The van der Waals surface area contributed by atoms with Crippen molar-refractivity contribution in [3.8, 4) is 0 Å². The van der Waals surface area contributed by atoms with E-state index >= 15 is 0 Å². The Balaban J connectivity index is 2.83. The largest absolute Gasteiger partial charge is 0.395 e. The minimum absolute atomic E-state index is 0.136. The lowest BCUT2D eigenvalue weighted by atomic mass is 10.6. The Kier molecular flexibility index (Phi) is 4.50. The average Bonchev–Trinajstić information content (AvgIpc) is 1.68. The van der Waals surface area contributed by atoms with E-state index in [2.05, 4.69) is 0 Å². The van der Waals surface area contributed by atoms with E-state index in [1.165, 1.54) is 4.42 Å². The number of halogens is 1. The molecule has 2 nitrogen and oxygen atoms in total. The summed E-state index contributed by atoms with van der Waals surface area (Å²) in [5.41, 5.74) is 0. The lowest BCUT2D eigenvalue weighted by Gasteiger charge is -2.05. The highest BCUT2D eigenvalue weighted by Crippen LogP contribution is 1.88. The van der Waals surface area contributed by atoms with Crippen LogP contribution >= 0.6 is 11.8 Å². The molecule has 0 fully saturated rings. The Hall–Kier alpha value is 0.210. The molecule has 3 heteroatoms. The number of rotatable bonds is 3. The van der Waals surface area contributed by atoms with Gasteiger partial charge in [0.1, 0.15) is 0 Å². The summed E-state index contributed by atoms with van der Waals surface area (Å²) >= 11 is 5.44. The van der Waals surface area contributed by atoms with Crippen molar-refractivity contribution in [1.82, 2.24) is 4.42 Å². The van der Waals surface area contributed by atoms with Gasteiger partial charge in [-0.05, 0) is 11.8 Å². The molecule has 1 N–H and O–H groups in total. The van der Waals surface area contributed by atoms with Gasteiger partial charge >= 0.3 is 0 Å². The molecule has 7 heavy (non-hydrogen) atoms. The van der Waals surface area contributed by atoms with Crippen LogP contribution in [0.3, 0.4) is 0 Å². The van der Waals surface area contributed by atoms with Crippen LogP contribution in [0.2, 0.25) is 0 Å². The molecule has 44 valence electrons. The van der Waals surface area contributed by atoms with Crippen LogP contribution in [-0.2, 0) is 0 Å². The molecule has 0 heterocycles. The minimum atomic E-state index is 0.136. The smallest absolute Gasteiger partial charge is 0.0571 e. The van der Waals surface area contributed by atoms with Crippen LogP contribution in [0.5, 0.6) is 0 Å². The third kappa shape index (κ3) is 4.05. The molecule has 0 atom stereocenters. The number of hydrogen-bond acceptors (Lipinski definition) is 2. The first-order valence-corrected chi connectivity index (χ1v) is 2.66. The lowest BCUT2D eigenvalue weighted by molar-refractivity contribution is 0.261. The zero-order valence-corrected chi connectivity index (χ0v) is 5.15. The molecule has 0 radical (unpaired) electrons. The Morgan fingerprint density at radius 3 is 2.43 bits per heavy atom. The van der Waals surface area contributed by atoms with Crippen LogP contribution in [0.25, 0.3) is 0 Å². The van der Waals surface area contributed by atoms with Crippen molar-refractivity contribution in [2.24, 2.45) is 0 Å². The Labute approximate surface area is 48.8 Å². The quantitative estimate of drug-likeness (QED) is 0.551. The van der Waals surface area contributed by atoms with Gasteiger partial charge in [0, 0.05) is 13.1 Å². The molecular formula is C4H10ClNO. The summed E-state index contributed by atoms with van der Waals surface area (Å²) in [4.78, 5) is 0. The van der Waals surface area contributed by atoms with Crippen LogP contribution in [0.4, 0.5) is 0 Å². The Morgan fingerprint density at radius 2 is 2.29 bits per heavy atom. The fraction of sp³-hybridized carbons (Fsp3) is 1.00. The van der Waals surface area contributed by atoms with Crippen LogP contribution in [-0.4, -0.2) is 29.2 Å². The maximum absolute atomic E-state index is 8.24. The van der Waals surface area contributed by atoms with E-state index in [0.29, 0.717) is 6.54 Å². The first-order valence-electron chi connectivity index (χ1n) is 2.32. The van der Waals surface area contributed by atoms with Gasteiger partial charge < -0.3 is 5.11 Å². The molecule has 0 spiro atoms. The zero-order chi connectivity index (χ0) is 5.70. The van der Waals surface area contributed by atoms with E-state index in [-0.39, 0.29) is 6.61 Å². The van der Waals surface area contributed by atoms with Crippen molar-refractivity contribution in [2.45, 2.75) is 6.92 Å². The van der Waals surface area contributed by atoms with Crippen LogP contribution < -0.4 is 0 Å². The maximum Gasteiger partial charge on any atom is 0.0571 e. The molecule has 0 aliphatic rings. The van der Waals surface area contributed by atoms with Crippen molar-refractivity contribution in [1.29, 1.82) is 0 Å². The van der Waals surface area contributed by atoms with E-state index in [4.69, 9.17) is 16.9 Å². The maximum atomic E-state index is 8.24. The van der Waals surface area contributed by atoms with E-state index in [1.807, 2.05) is 6.92 Å². The standard InChI is InChI=1S/C4H10ClNO/c1-2-6(5)3-4-7/h7H,2-4H2,1H3. The van der Waals surface area contributed by atoms with Gasteiger partial charge in [-0.2, -0.15) is 0 Å². The van der Waals surface area contributed by atoms with Crippen LogP contribution in [0.1, 0.15) is 6.92 Å². The van der Waals surface area contributed by atoms with Gasteiger partial charge in [0.2, 0.25) is 0 Å². The normalized spacial score (nSPS) is 10.3. The second-order valence-electron chi connectivity index (χ2n) is 1.23. The molecule has 0 aromatic heterocycles. The fourth-order valence-corrected chi connectivity index (χ4v) is 0.342. The SMILES string of the molecule is CCN(Cl)CCO. The molecule has 0 amide bonds. The van der Waals surface area contributed by atoms with Crippen molar-refractivity contribution >= 4 is 11.8 Å². The molecule has 0 rings (SSSR count). The summed E-state index contributed by atoms with van der Waals surface area (Å²) in [6.07, 6.45) is 0. The molecule has 0 bridgehead atoms. The predicted octanol–water partition coefficient (Wildman–Crippen LogP) is 0.454. The highest BCUT2D eigenvalue weighted by Gasteiger charge is 1.90. The number of likely N-dealkylation sites (N-methyl/N-ethyl adjacent to an activating group) is 1. The second kappa shape index (κ2) is 4.37. The molecule has 0 saturated carbocycles.